The summed E-state index contributed by atoms with van der Waals surface area (Å²) in [6.07, 6.45) is 7.42. The zero-order valence-corrected chi connectivity index (χ0v) is 14.8. The average Bonchev–Trinajstić information content (AvgIpc) is 2.73. The van der Waals surface area contributed by atoms with Crippen molar-refractivity contribution in [2.45, 2.75) is 84.2 Å². The summed E-state index contributed by atoms with van der Waals surface area (Å²) < 4.78 is 0. The highest BCUT2D eigenvalue weighted by molar-refractivity contribution is 5.88. The number of Topliss-reactive ketones (excluding diaryl/α,β-unsaturated/α-hetero) is 2. The van der Waals surface area contributed by atoms with Crippen molar-refractivity contribution in [3.8, 4) is 0 Å². The van der Waals surface area contributed by atoms with Crippen LogP contribution in [0.1, 0.15) is 78.6 Å². The van der Waals surface area contributed by atoms with Crippen LogP contribution in [-0.4, -0.2) is 22.3 Å². The Morgan fingerprint density at radius 3 is 2.35 bits per heavy atom. The topological polar surface area (TPSA) is 54.4 Å². The van der Waals surface area contributed by atoms with E-state index in [0.717, 1.165) is 32.1 Å². The minimum atomic E-state index is -0.807. The van der Waals surface area contributed by atoms with Crippen LogP contribution in [0.15, 0.2) is 0 Å². The van der Waals surface area contributed by atoms with Crippen LogP contribution in [0.2, 0.25) is 0 Å². The molecule has 0 aromatic heterocycles. The number of ketones is 2. The summed E-state index contributed by atoms with van der Waals surface area (Å²) >= 11 is 0. The summed E-state index contributed by atoms with van der Waals surface area (Å²) in [6.45, 7) is 6.69. The summed E-state index contributed by atoms with van der Waals surface area (Å²) in [5.74, 6) is 1.38. The van der Waals surface area contributed by atoms with Gasteiger partial charge in [0.25, 0.3) is 0 Å². The molecule has 4 rings (SSSR count). The van der Waals surface area contributed by atoms with Gasteiger partial charge in [-0.25, -0.2) is 0 Å². The van der Waals surface area contributed by atoms with Gasteiger partial charge in [0.1, 0.15) is 11.6 Å². The van der Waals surface area contributed by atoms with E-state index in [0.29, 0.717) is 37.4 Å². The normalized spacial score (nSPS) is 56.0. The third kappa shape index (κ3) is 1.70. The number of fused-ring (bicyclic) bond motifs is 5. The Labute approximate surface area is 139 Å². The van der Waals surface area contributed by atoms with Gasteiger partial charge >= 0.3 is 0 Å². The maximum absolute atomic E-state index is 12.5. The van der Waals surface area contributed by atoms with E-state index >= 15 is 0 Å². The molecule has 0 heterocycles. The third-order valence-electron chi connectivity index (χ3n) is 9.07. The maximum Gasteiger partial charge on any atom is 0.141 e. The van der Waals surface area contributed by atoms with Gasteiger partial charge in [0, 0.05) is 19.3 Å². The second kappa shape index (κ2) is 4.47. The Morgan fingerprint density at radius 1 is 0.913 bits per heavy atom. The van der Waals surface area contributed by atoms with Crippen LogP contribution in [-0.2, 0) is 9.59 Å². The fourth-order valence-electron chi connectivity index (χ4n) is 7.14. The molecule has 128 valence electrons. The second-order valence-corrected chi connectivity index (χ2v) is 9.66. The molecule has 6 atom stereocenters. The number of hydrogen-bond donors (Lipinski definition) is 1. The monoisotopic (exact) mass is 318 g/mol. The molecule has 0 spiro atoms. The molecular formula is C20H30O3. The highest BCUT2D eigenvalue weighted by Gasteiger charge is 2.69. The quantitative estimate of drug-likeness (QED) is 0.741. The lowest BCUT2D eigenvalue weighted by Gasteiger charge is -2.65. The minimum absolute atomic E-state index is 0.0796. The van der Waals surface area contributed by atoms with E-state index in [4.69, 9.17) is 0 Å². The third-order valence-corrected chi connectivity index (χ3v) is 9.07. The number of hydrogen-bond acceptors (Lipinski definition) is 3. The van der Waals surface area contributed by atoms with Crippen molar-refractivity contribution < 1.29 is 14.7 Å². The zero-order valence-electron chi connectivity index (χ0n) is 14.8. The van der Waals surface area contributed by atoms with Crippen molar-refractivity contribution in [3.05, 3.63) is 0 Å². The molecule has 0 bridgehead atoms. The van der Waals surface area contributed by atoms with Gasteiger partial charge in [-0.1, -0.05) is 13.8 Å². The van der Waals surface area contributed by atoms with Gasteiger partial charge in [0.15, 0.2) is 0 Å². The molecule has 1 N–H and O–H groups in total. The van der Waals surface area contributed by atoms with Crippen LogP contribution < -0.4 is 0 Å². The predicted molar refractivity (Wildman–Crippen MR) is 87.8 cm³/mol. The molecule has 0 aliphatic heterocycles. The molecule has 0 amide bonds. The summed E-state index contributed by atoms with van der Waals surface area (Å²) in [6, 6.07) is 0. The van der Waals surface area contributed by atoms with E-state index in [1.807, 2.05) is 6.92 Å². The van der Waals surface area contributed by atoms with Gasteiger partial charge in [-0.15, -0.1) is 0 Å². The molecule has 0 aromatic carbocycles. The molecule has 4 aliphatic carbocycles. The molecule has 4 saturated carbocycles. The first kappa shape index (κ1) is 15.8. The first-order chi connectivity index (χ1) is 10.7. The largest absolute Gasteiger partial charge is 0.389 e. The van der Waals surface area contributed by atoms with Crippen molar-refractivity contribution >= 4 is 11.6 Å². The van der Waals surface area contributed by atoms with Crippen LogP contribution in [0.25, 0.3) is 0 Å². The lowest BCUT2D eigenvalue weighted by Crippen LogP contribution is -2.64. The molecule has 0 saturated heterocycles. The Kier molecular flexibility index (Phi) is 3.07. The smallest absolute Gasteiger partial charge is 0.141 e. The van der Waals surface area contributed by atoms with E-state index in [2.05, 4.69) is 13.8 Å². The molecule has 0 unspecified atom stereocenters. The lowest BCUT2D eigenvalue weighted by molar-refractivity contribution is -0.214. The summed E-state index contributed by atoms with van der Waals surface area (Å²) in [4.78, 5) is 24.5. The fraction of sp³-hybridized carbons (Fsp3) is 0.900. The van der Waals surface area contributed by atoms with E-state index in [-0.39, 0.29) is 22.5 Å². The first-order valence-corrected chi connectivity index (χ1v) is 9.44. The Hall–Kier alpha value is -0.700. The van der Waals surface area contributed by atoms with E-state index in [9.17, 15) is 14.7 Å². The van der Waals surface area contributed by atoms with Gasteiger partial charge < -0.3 is 5.11 Å². The summed E-state index contributed by atoms with van der Waals surface area (Å²) in [7, 11) is 0. The van der Waals surface area contributed by atoms with E-state index < -0.39 is 11.0 Å². The Balaban J connectivity index is 1.75. The van der Waals surface area contributed by atoms with Crippen molar-refractivity contribution in [3.63, 3.8) is 0 Å². The minimum Gasteiger partial charge on any atom is -0.389 e. The molecular weight excluding hydrogens is 288 g/mol. The molecule has 0 aromatic rings. The highest BCUT2D eigenvalue weighted by Crippen LogP contribution is 2.69. The number of rotatable bonds is 0. The van der Waals surface area contributed by atoms with Crippen molar-refractivity contribution in [2.75, 3.05) is 0 Å². The van der Waals surface area contributed by atoms with Gasteiger partial charge in [-0.2, -0.15) is 0 Å². The standard InChI is InChI=1S/C20H30O3/c1-17-8-5-15-14(18(17,2)9-4-13(21)12-17)6-10-19(3)16(22)7-11-20(15,19)23/h14-15,23H,4-12H2,1-3H3/t14-,15+,17+,18-,19+,20+/m1/s1. The Bertz CT molecular complexity index is 583. The van der Waals surface area contributed by atoms with Gasteiger partial charge in [-0.3, -0.25) is 9.59 Å². The molecule has 4 aliphatic rings. The number of carbonyl (C=O) groups excluding carboxylic acids is 2. The van der Waals surface area contributed by atoms with Gasteiger partial charge in [0.2, 0.25) is 0 Å². The first-order valence-electron chi connectivity index (χ1n) is 9.44. The van der Waals surface area contributed by atoms with Gasteiger partial charge in [0.05, 0.1) is 11.0 Å². The molecule has 3 nitrogen and oxygen atoms in total. The lowest BCUT2D eigenvalue weighted by atomic mass is 9.40. The molecule has 4 fully saturated rings. The van der Waals surface area contributed by atoms with E-state index in [1.54, 1.807) is 0 Å². The van der Waals surface area contributed by atoms with Crippen LogP contribution in [0.4, 0.5) is 0 Å². The SMILES string of the molecule is C[C@@]12CC[C@H]3[C@@H](CC[C@@]4(C)C(=O)CC[C@]34O)[C@@]1(C)CCC(=O)C2. The van der Waals surface area contributed by atoms with Crippen LogP contribution >= 0.6 is 0 Å². The van der Waals surface area contributed by atoms with E-state index in [1.165, 1.54) is 0 Å². The van der Waals surface area contributed by atoms with Crippen LogP contribution in [0, 0.1) is 28.1 Å². The molecule has 3 heteroatoms. The summed E-state index contributed by atoms with van der Waals surface area (Å²) in [5, 5.41) is 11.6. The Morgan fingerprint density at radius 2 is 1.61 bits per heavy atom. The maximum atomic E-state index is 12.5. The van der Waals surface area contributed by atoms with Crippen molar-refractivity contribution in [1.29, 1.82) is 0 Å². The van der Waals surface area contributed by atoms with Crippen LogP contribution in [0.3, 0.4) is 0 Å². The highest BCUT2D eigenvalue weighted by atomic mass is 16.3. The van der Waals surface area contributed by atoms with Crippen molar-refractivity contribution in [2.24, 2.45) is 28.1 Å². The second-order valence-electron chi connectivity index (χ2n) is 9.66. The molecule has 0 radical (unpaired) electrons. The van der Waals surface area contributed by atoms with Crippen LogP contribution in [0.5, 0.6) is 0 Å². The zero-order chi connectivity index (χ0) is 16.7. The molecule has 23 heavy (non-hydrogen) atoms. The summed E-state index contributed by atoms with van der Waals surface area (Å²) in [5.41, 5.74) is -1.12. The predicted octanol–water partition coefficient (Wildman–Crippen LogP) is 3.67. The number of aliphatic hydroxyl groups is 1. The fourth-order valence-corrected chi connectivity index (χ4v) is 7.14. The van der Waals surface area contributed by atoms with Gasteiger partial charge in [-0.05, 0) is 68.1 Å². The average molecular weight is 318 g/mol. The number of carbonyl (C=O) groups is 2. The van der Waals surface area contributed by atoms with Crippen molar-refractivity contribution in [1.82, 2.24) is 0 Å².